The molecule has 0 bridgehead atoms. The van der Waals surface area contributed by atoms with Crippen molar-refractivity contribution in [1.29, 1.82) is 0 Å². The molecule has 3 aromatic heterocycles. The Morgan fingerprint density at radius 2 is 2.08 bits per heavy atom. The average Bonchev–Trinajstić information content (AvgIpc) is 3.30. The third-order valence-corrected chi connectivity index (χ3v) is 5.74. The molecular weight excluding hydrogens is 346 g/mol. The van der Waals surface area contributed by atoms with Crippen LogP contribution in [0, 0.1) is 0 Å². The Bertz CT molecular complexity index is 894. The summed E-state index contributed by atoms with van der Waals surface area (Å²) in [5, 5.41) is 6.80. The van der Waals surface area contributed by atoms with Crippen LogP contribution in [0.3, 0.4) is 0 Å². The molecule has 0 aromatic carbocycles. The summed E-state index contributed by atoms with van der Waals surface area (Å²) in [6.45, 7) is 2.05. The molecule has 136 valence electrons. The molecule has 6 nitrogen and oxygen atoms in total. The third-order valence-electron chi connectivity index (χ3n) is 4.82. The highest BCUT2D eigenvalue weighted by Crippen LogP contribution is 2.28. The molecule has 1 amide bonds. The van der Waals surface area contributed by atoms with E-state index in [1.165, 1.54) is 4.88 Å². The number of hydrogen-bond donors (Lipinski definition) is 0. The van der Waals surface area contributed by atoms with E-state index >= 15 is 0 Å². The van der Waals surface area contributed by atoms with Crippen molar-refractivity contribution in [2.24, 2.45) is 0 Å². The zero-order valence-electron chi connectivity index (χ0n) is 15.1. The van der Waals surface area contributed by atoms with Crippen molar-refractivity contribution in [1.82, 2.24) is 24.4 Å². The van der Waals surface area contributed by atoms with Gasteiger partial charge in [-0.05, 0) is 50.5 Å². The maximum absolute atomic E-state index is 12.2. The van der Waals surface area contributed by atoms with Gasteiger partial charge in [0, 0.05) is 35.6 Å². The number of fused-ring (bicyclic) bond motifs is 1. The molecule has 0 saturated carbocycles. The molecular formula is C19H23N5OS. The van der Waals surface area contributed by atoms with Gasteiger partial charge in [-0.1, -0.05) is 6.07 Å². The Kier molecular flexibility index (Phi) is 4.74. The van der Waals surface area contributed by atoms with Crippen molar-refractivity contribution in [2.75, 3.05) is 33.7 Å². The molecule has 3 aromatic rings. The summed E-state index contributed by atoms with van der Waals surface area (Å²) >= 11 is 1.72. The summed E-state index contributed by atoms with van der Waals surface area (Å²) < 4.78 is 1.88. The Labute approximate surface area is 157 Å². The molecule has 1 aliphatic heterocycles. The van der Waals surface area contributed by atoms with Gasteiger partial charge in [0.25, 0.3) is 0 Å². The van der Waals surface area contributed by atoms with Crippen LogP contribution >= 0.6 is 11.3 Å². The number of pyridine rings is 1. The minimum absolute atomic E-state index is 0.206. The second-order valence-corrected chi connectivity index (χ2v) is 8.01. The van der Waals surface area contributed by atoms with E-state index < -0.39 is 0 Å². The van der Waals surface area contributed by atoms with Crippen LogP contribution < -0.4 is 0 Å². The largest absolute Gasteiger partial charge is 0.342 e. The number of thiophene rings is 1. The van der Waals surface area contributed by atoms with Crippen LogP contribution in [0.25, 0.3) is 16.1 Å². The Balaban J connectivity index is 1.47. The minimum atomic E-state index is 0.206. The van der Waals surface area contributed by atoms with Gasteiger partial charge in [0.05, 0.1) is 6.54 Å². The van der Waals surface area contributed by atoms with Gasteiger partial charge in [-0.15, -0.1) is 11.3 Å². The molecule has 0 atom stereocenters. The van der Waals surface area contributed by atoms with E-state index in [9.17, 15) is 4.79 Å². The van der Waals surface area contributed by atoms with Crippen molar-refractivity contribution in [3.05, 3.63) is 41.7 Å². The van der Waals surface area contributed by atoms with Crippen LogP contribution in [0.4, 0.5) is 0 Å². The number of likely N-dealkylation sites (N-methyl/N-ethyl adjacent to an activating group) is 1. The number of carbonyl (C=O) groups excluding carboxylic acids is 1. The molecule has 1 aliphatic rings. The molecule has 0 radical (unpaired) electrons. The number of nitrogens with zero attached hydrogens (tertiary/aromatic N) is 5. The number of carbonyl (C=O) groups is 1. The monoisotopic (exact) mass is 369 g/mol. The Hall–Kier alpha value is -2.25. The van der Waals surface area contributed by atoms with Crippen molar-refractivity contribution < 1.29 is 4.79 Å². The number of likely N-dealkylation sites (tertiary alicyclic amines) is 1. The van der Waals surface area contributed by atoms with E-state index in [0.717, 1.165) is 43.0 Å². The van der Waals surface area contributed by atoms with E-state index in [2.05, 4.69) is 23.6 Å². The summed E-state index contributed by atoms with van der Waals surface area (Å²) in [6, 6.07) is 8.30. The fourth-order valence-electron chi connectivity index (χ4n) is 3.42. The maximum atomic E-state index is 12.2. The first-order valence-corrected chi connectivity index (χ1v) is 9.81. The molecule has 7 heteroatoms. The van der Waals surface area contributed by atoms with Gasteiger partial charge < -0.3 is 9.80 Å². The predicted molar refractivity (Wildman–Crippen MR) is 103 cm³/mol. The van der Waals surface area contributed by atoms with Gasteiger partial charge in [0.2, 0.25) is 5.91 Å². The van der Waals surface area contributed by atoms with Gasteiger partial charge in [-0.3, -0.25) is 4.79 Å². The molecule has 0 aliphatic carbocycles. The second kappa shape index (κ2) is 7.17. The number of hydrogen-bond acceptors (Lipinski definition) is 5. The number of piperidine rings is 1. The van der Waals surface area contributed by atoms with Gasteiger partial charge in [0.1, 0.15) is 0 Å². The van der Waals surface area contributed by atoms with Crippen molar-refractivity contribution >= 4 is 22.9 Å². The standard InChI is InChI=1S/C19H23N5OS/c1-22(2)13-18(25)23-9-7-14(8-10-23)19-20-17-6-5-15(12-24(17)21-19)16-4-3-11-26-16/h3-6,11-12,14H,7-10,13H2,1-2H3. The third kappa shape index (κ3) is 3.50. The first-order valence-electron chi connectivity index (χ1n) is 8.93. The molecule has 4 heterocycles. The fourth-order valence-corrected chi connectivity index (χ4v) is 4.14. The highest BCUT2D eigenvalue weighted by molar-refractivity contribution is 7.13. The van der Waals surface area contributed by atoms with E-state index in [0.29, 0.717) is 12.5 Å². The molecule has 0 N–H and O–H groups in total. The van der Waals surface area contributed by atoms with Crippen molar-refractivity contribution in [3.8, 4) is 10.4 Å². The fraction of sp³-hybridized carbons (Fsp3) is 0.421. The summed E-state index contributed by atoms with van der Waals surface area (Å²) in [5.74, 6) is 1.42. The average molecular weight is 369 g/mol. The first kappa shape index (κ1) is 17.2. The highest BCUT2D eigenvalue weighted by Gasteiger charge is 2.26. The molecule has 1 fully saturated rings. The lowest BCUT2D eigenvalue weighted by atomic mass is 9.96. The van der Waals surface area contributed by atoms with Gasteiger partial charge in [0.15, 0.2) is 11.5 Å². The van der Waals surface area contributed by atoms with E-state index in [-0.39, 0.29) is 5.91 Å². The zero-order valence-corrected chi connectivity index (χ0v) is 15.9. The minimum Gasteiger partial charge on any atom is -0.342 e. The molecule has 1 saturated heterocycles. The van der Waals surface area contributed by atoms with E-state index in [1.54, 1.807) is 11.3 Å². The van der Waals surface area contributed by atoms with Crippen LogP contribution in [0.1, 0.15) is 24.6 Å². The zero-order chi connectivity index (χ0) is 18.1. The number of amides is 1. The van der Waals surface area contributed by atoms with E-state index in [4.69, 9.17) is 10.1 Å². The van der Waals surface area contributed by atoms with Crippen LogP contribution in [-0.4, -0.2) is 64.0 Å². The Morgan fingerprint density at radius 1 is 1.27 bits per heavy atom. The number of rotatable bonds is 4. The van der Waals surface area contributed by atoms with Gasteiger partial charge >= 0.3 is 0 Å². The topological polar surface area (TPSA) is 53.7 Å². The molecule has 26 heavy (non-hydrogen) atoms. The van der Waals surface area contributed by atoms with Crippen molar-refractivity contribution in [2.45, 2.75) is 18.8 Å². The van der Waals surface area contributed by atoms with Crippen LogP contribution in [0.2, 0.25) is 0 Å². The highest BCUT2D eigenvalue weighted by atomic mass is 32.1. The quantitative estimate of drug-likeness (QED) is 0.710. The second-order valence-electron chi connectivity index (χ2n) is 7.06. The first-order chi connectivity index (χ1) is 12.6. The maximum Gasteiger partial charge on any atom is 0.236 e. The molecule has 0 spiro atoms. The summed E-state index contributed by atoms with van der Waals surface area (Å²) in [5.41, 5.74) is 2.04. The van der Waals surface area contributed by atoms with Gasteiger partial charge in [-0.2, -0.15) is 5.10 Å². The molecule has 4 rings (SSSR count). The lowest BCUT2D eigenvalue weighted by Crippen LogP contribution is -2.42. The molecule has 0 unspecified atom stereocenters. The summed E-state index contributed by atoms with van der Waals surface area (Å²) in [6.07, 6.45) is 3.90. The van der Waals surface area contributed by atoms with Crippen LogP contribution in [0.15, 0.2) is 35.8 Å². The lowest BCUT2D eigenvalue weighted by molar-refractivity contribution is -0.132. The van der Waals surface area contributed by atoms with Crippen LogP contribution in [-0.2, 0) is 4.79 Å². The Morgan fingerprint density at radius 3 is 2.77 bits per heavy atom. The number of aromatic nitrogens is 3. The summed E-state index contributed by atoms with van der Waals surface area (Å²) in [7, 11) is 3.85. The normalized spacial score (nSPS) is 15.9. The van der Waals surface area contributed by atoms with E-state index in [1.807, 2.05) is 40.7 Å². The lowest BCUT2D eigenvalue weighted by Gasteiger charge is -2.31. The van der Waals surface area contributed by atoms with Crippen LogP contribution in [0.5, 0.6) is 0 Å². The predicted octanol–water partition coefficient (Wildman–Crippen LogP) is 2.73. The van der Waals surface area contributed by atoms with Gasteiger partial charge in [-0.25, -0.2) is 9.50 Å². The smallest absolute Gasteiger partial charge is 0.236 e. The van der Waals surface area contributed by atoms with Crippen molar-refractivity contribution in [3.63, 3.8) is 0 Å². The SMILES string of the molecule is CN(C)CC(=O)N1CCC(c2nc3ccc(-c4cccs4)cn3n2)CC1. The summed E-state index contributed by atoms with van der Waals surface area (Å²) in [4.78, 5) is 22.0.